The van der Waals surface area contributed by atoms with Crippen LogP contribution in [-0.2, 0) is 20.0 Å². The third-order valence-corrected chi connectivity index (χ3v) is 9.47. The lowest BCUT2D eigenvalue weighted by atomic mass is 10.1. The van der Waals surface area contributed by atoms with Crippen molar-refractivity contribution in [1.82, 2.24) is 8.61 Å². The largest absolute Gasteiger partial charge is 0.495 e. The van der Waals surface area contributed by atoms with E-state index < -0.39 is 26.0 Å². The molecule has 2 aromatic rings. The summed E-state index contributed by atoms with van der Waals surface area (Å²) in [4.78, 5) is 12.9. The number of carbonyl (C=O) groups is 1. The highest BCUT2D eigenvalue weighted by atomic mass is 32.2. The van der Waals surface area contributed by atoms with Crippen molar-refractivity contribution in [2.45, 2.75) is 42.0 Å². The Morgan fingerprint density at radius 3 is 2.45 bits per heavy atom. The Morgan fingerprint density at radius 2 is 1.82 bits per heavy atom. The average molecular weight is 496 g/mol. The first kappa shape index (κ1) is 25.2. The van der Waals surface area contributed by atoms with Crippen molar-refractivity contribution in [1.29, 1.82) is 0 Å². The van der Waals surface area contributed by atoms with Crippen LogP contribution < -0.4 is 10.1 Å². The first-order valence-electron chi connectivity index (χ1n) is 10.5. The summed E-state index contributed by atoms with van der Waals surface area (Å²) in [5.41, 5.74) is 0.382. The predicted molar refractivity (Wildman–Crippen MR) is 125 cm³/mol. The molecule has 1 N–H and O–H groups in total. The number of benzene rings is 2. The first-order chi connectivity index (χ1) is 15.5. The number of rotatable bonds is 7. The van der Waals surface area contributed by atoms with Crippen LogP contribution in [0.25, 0.3) is 0 Å². The van der Waals surface area contributed by atoms with Crippen molar-refractivity contribution in [2.75, 3.05) is 33.1 Å². The zero-order valence-corrected chi connectivity index (χ0v) is 20.7. The molecule has 1 amide bonds. The summed E-state index contributed by atoms with van der Waals surface area (Å²) in [6.45, 7) is 2.28. The Bertz CT molecular complexity index is 1240. The van der Waals surface area contributed by atoms with Crippen molar-refractivity contribution >= 4 is 31.6 Å². The van der Waals surface area contributed by atoms with E-state index in [-0.39, 0.29) is 32.8 Å². The number of methoxy groups -OCH3 is 1. The van der Waals surface area contributed by atoms with Gasteiger partial charge in [0, 0.05) is 37.9 Å². The summed E-state index contributed by atoms with van der Waals surface area (Å²) in [5.74, 6) is -0.413. The maximum atomic E-state index is 13.4. The lowest BCUT2D eigenvalue weighted by Crippen LogP contribution is -2.42. The van der Waals surface area contributed by atoms with Crippen LogP contribution in [0, 0.1) is 0 Å². The molecular weight excluding hydrogens is 466 g/mol. The SMILES string of the molecule is COc1ccc(C(=O)Nc2cccc(S(=O)(=O)N(C)C)c2)cc1S(=O)(=O)N1CCCC[C@@H]1C. The smallest absolute Gasteiger partial charge is 0.255 e. The van der Waals surface area contributed by atoms with Gasteiger partial charge in [-0.1, -0.05) is 12.5 Å². The zero-order chi connectivity index (χ0) is 24.4. The fourth-order valence-corrected chi connectivity index (χ4v) is 6.55. The normalized spacial score (nSPS) is 17.7. The third-order valence-electron chi connectivity index (χ3n) is 5.62. The summed E-state index contributed by atoms with van der Waals surface area (Å²) >= 11 is 0. The van der Waals surface area contributed by atoms with E-state index in [9.17, 15) is 21.6 Å². The van der Waals surface area contributed by atoms with Crippen LogP contribution in [0.1, 0.15) is 36.5 Å². The molecule has 0 aliphatic carbocycles. The molecule has 9 nitrogen and oxygen atoms in total. The van der Waals surface area contributed by atoms with Gasteiger partial charge in [0.1, 0.15) is 10.6 Å². The molecule has 0 bridgehead atoms. The lowest BCUT2D eigenvalue weighted by molar-refractivity contribution is 0.102. The minimum atomic E-state index is -3.87. The molecule has 0 radical (unpaired) electrons. The molecule has 0 saturated carbocycles. The highest BCUT2D eigenvalue weighted by Gasteiger charge is 2.33. The van der Waals surface area contributed by atoms with E-state index in [4.69, 9.17) is 4.74 Å². The number of ether oxygens (including phenoxy) is 1. The van der Waals surface area contributed by atoms with Gasteiger partial charge >= 0.3 is 0 Å². The molecule has 1 aliphatic heterocycles. The molecule has 1 atom stereocenters. The van der Waals surface area contributed by atoms with E-state index in [0.717, 1.165) is 23.6 Å². The van der Waals surface area contributed by atoms with Crippen molar-refractivity contribution < 1.29 is 26.4 Å². The number of nitrogens with one attached hydrogen (secondary N) is 1. The van der Waals surface area contributed by atoms with Crippen LogP contribution in [0.5, 0.6) is 5.75 Å². The van der Waals surface area contributed by atoms with E-state index in [1.54, 1.807) is 6.07 Å². The van der Waals surface area contributed by atoms with Gasteiger partial charge < -0.3 is 10.1 Å². The minimum Gasteiger partial charge on any atom is -0.495 e. The second-order valence-electron chi connectivity index (χ2n) is 8.10. The number of anilines is 1. The molecular formula is C22H29N3O6S2. The van der Waals surface area contributed by atoms with Crippen LogP contribution >= 0.6 is 0 Å². The zero-order valence-electron chi connectivity index (χ0n) is 19.1. The molecule has 0 spiro atoms. The van der Waals surface area contributed by atoms with Gasteiger partial charge in [0.15, 0.2) is 0 Å². The van der Waals surface area contributed by atoms with E-state index >= 15 is 0 Å². The highest BCUT2D eigenvalue weighted by Crippen LogP contribution is 2.32. The van der Waals surface area contributed by atoms with Gasteiger partial charge in [0.25, 0.3) is 5.91 Å². The number of amides is 1. The first-order valence-corrected chi connectivity index (χ1v) is 13.4. The number of hydrogen-bond donors (Lipinski definition) is 1. The number of sulfonamides is 2. The van der Waals surface area contributed by atoms with Crippen molar-refractivity contribution in [3.63, 3.8) is 0 Å². The molecule has 1 fully saturated rings. The highest BCUT2D eigenvalue weighted by molar-refractivity contribution is 7.89. The molecule has 33 heavy (non-hydrogen) atoms. The van der Waals surface area contributed by atoms with E-state index in [1.807, 2.05) is 6.92 Å². The van der Waals surface area contributed by atoms with Gasteiger partial charge in [-0.2, -0.15) is 4.31 Å². The molecule has 2 aromatic carbocycles. The van der Waals surface area contributed by atoms with Gasteiger partial charge in [0.05, 0.1) is 12.0 Å². The van der Waals surface area contributed by atoms with Crippen LogP contribution in [-0.4, -0.2) is 65.1 Å². The maximum absolute atomic E-state index is 13.4. The third kappa shape index (κ3) is 5.21. The number of nitrogens with zero attached hydrogens (tertiary/aromatic N) is 2. The van der Waals surface area contributed by atoms with Gasteiger partial charge in [-0.05, 0) is 56.2 Å². The Balaban J connectivity index is 1.93. The average Bonchev–Trinajstić information content (AvgIpc) is 2.78. The van der Waals surface area contributed by atoms with Crippen LogP contribution in [0.2, 0.25) is 0 Å². The van der Waals surface area contributed by atoms with Gasteiger partial charge in [0.2, 0.25) is 20.0 Å². The minimum absolute atomic E-state index is 0.0300. The lowest BCUT2D eigenvalue weighted by Gasteiger charge is -2.32. The number of hydrogen-bond acceptors (Lipinski definition) is 6. The summed E-state index contributed by atoms with van der Waals surface area (Å²) in [6.07, 6.45) is 2.52. The number of carbonyl (C=O) groups excluding carboxylic acids is 1. The quantitative estimate of drug-likeness (QED) is 0.632. The molecule has 11 heteroatoms. The molecule has 0 unspecified atom stereocenters. The van der Waals surface area contributed by atoms with Crippen LogP contribution in [0.15, 0.2) is 52.3 Å². The van der Waals surface area contributed by atoms with Crippen molar-refractivity contribution in [3.05, 3.63) is 48.0 Å². The molecule has 1 saturated heterocycles. The molecule has 180 valence electrons. The van der Waals surface area contributed by atoms with Crippen molar-refractivity contribution in [2.24, 2.45) is 0 Å². The molecule has 0 aromatic heterocycles. The fourth-order valence-electron chi connectivity index (χ4n) is 3.72. The predicted octanol–water partition coefficient (Wildman–Crippen LogP) is 2.76. The summed E-state index contributed by atoms with van der Waals surface area (Å²) in [6, 6.07) is 9.93. The number of piperidine rings is 1. The fraction of sp³-hybridized carbons (Fsp3) is 0.409. The van der Waals surface area contributed by atoms with Crippen LogP contribution in [0.4, 0.5) is 5.69 Å². The maximum Gasteiger partial charge on any atom is 0.255 e. The van der Waals surface area contributed by atoms with Crippen molar-refractivity contribution in [3.8, 4) is 5.75 Å². The second-order valence-corrected chi connectivity index (χ2v) is 12.1. The topological polar surface area (TPSA) is 113 Å². The Hall–Kier alpha value is -2.47. The molecule has 1 heterocycles. The van der Waals surface area contributed by atoms with Gasteiger partial charge in [-0.3, -0.25) is 4.79 Å². The Kier molecular flexibility index (Phi) is 7.47. The summed E-state index contributed by atoms with van der Waals surface area (Å²) < 4.78 is 59.3. The van der Waals surface area contributed by atoms with E-state index in [1.165, 1.54) is 61.9 Å². The Labute approximate surface area is 195 Å². The summed E-state index contributed by atoms with van der Waals surface area (Å²) in [5, 5.41) is 2.64. The van der Waals surface area contributed by atoms with Gasteiger partial charge in [-0.25, -0.2) is 21.1 Å². The van der Waals surface area contributed by atoms with Gasteiger partial charge in [-0.15, -0.1) is 0 Å². The van der Waals surface area contributed by atoms with E-state index in [0.29, 0.717) is 6.54 Å². The Morgan fingerprint density at radius 1 is 1.09 bits per heavy atom. The summed E-state index contributed by atoms with van der Waals surface area (Å²) in [7, 11) is -3.33. The molecule has 3 rings (SSSR count). The van der Waals surface area contributed by atoms with Crippen LogP contribution in [0.3, 0.4) is 0 Å². The second kappa shape index (κ2) is 9.80. The molecule has 1 aliphatic rings. The monoisotopic (exact) mass is 495 g/mol. The van der Waals surface area contributed by atoms with E-state index in [2.05, 4.69) is 5.32 Å². The standard InChI is InChI=1S/C22H29N3O6S2/c1-16-8-5-6-13-25(16)33(29,30)21-14-17(11-12-20(21)31-4)22(26)23-18-9-7-10-19(15-18)32(27,28)24(2)3/h7,9-12,14-16H,5-6,8,13H2,1-4H3,(H,23,26)/t16-/m0/s1.